The lowest BCUT2D eigenvalue weighted by molar-refractivity contribution is 0.506. The van der Waals surface area contributed by atoms with Crippen LogP contribution in [0.25, 0.3) is 0 Å². The summed E-state index contributed by atoms with van der Waals surface area (Å²) in [6.07, 6.45) is 3.11. The molecule has 1 N–H and O–H groups in total. The summed E-state index contributed by atoms with van der Waals surface area (Å²) in [7, 11) is 0. The van der Waals surface area contributed by atoms with Crippen LogP contribution in [0, 0.1) is 6.92 Å². The smallest absolute Gasteiger partial charge is 0.0798 e. The quantitative estimate of drug-likeness (QED) is 0.811. The van der Waals surface area contributed by atoms with Gasteiger partial charge in [0.15, 0.2) is 0 Å². The number of thiazole rings is 1. The van der Waals surface area contributed by atoms with Crippen LogP contribution in [-0.2, 0) is 19.4 Å². The van der Waals surface area contributed by atoms with Crippen LogP contribution < -0.4 is 5.32 Å². The predicted molar refractivity (Wildman–Crippen MR) is 88.9 cm³/mol. The van der Waals surface area contributed by atoms with Crippen LogP contribution in [0.2, 0.25) is 0 Å². The predicted octanol–water partition coefficient (Wildman–Crippen LogP) is 3.51. The van der Waals surface area contributed by atoms with E-state index in [0.29, 0.717) is 6.04 Å². The van der Waals surface area contributed by atoms with Crippen LogP contribution in [0.3, 0.4) is 0 Å². The molecule has 4 nitrogen and oxygen atoms in total. The summed E-state index contributed by atoms with van der Waals surface area (Å²) in [5.41, 5.74) is 5.59. The molecule has 1 atom stereocenters. The maximum atomic E-state index is 4.66. The molecule has 21 heavy (non-hydrogen) atoms. The van der Waals surface area contributed by atoms with Gasteiger partial charge in [-0.3, -0.25) is 4.68 Å². The summed E-state index contributed by atoms with van der Waals surface area (Å²) >= 11 is 1.75. The molecule has 2 heterocycles. The molecule has 0 spiro atoms. The summed E-state index contributed by atoms with van der Waals surface area (Å²) in [4.78, 5) is 5.76. The molecule has 0 radical (unpaired) electrons. The topological polar surface area (TPSA) is 42.7 Å². The Labute approximate surface area is 131 Å². The molecule has 0 aliphatic carbocycles. The van der Waals surface area contributed by atoms with Gasteiger partial charge >= 0.3 is 0 Å². The fourth-order valence-electron chi connectivity index (χ4n) is 2.56. The maximum Gasteiger partial charge on any atom is 0.0798 e. The van der Waals surface area contributed by atoms with E-state index >= 15 is 0 Å². The van der Waals surface area contributed by atoms with Crippen LogP contribution in [0.15, 0.2) is 11.6 Å². The van der Waals surface area contributed by atoms with Crippen molar-refractivity contribution in [3.63, 3.8) is 0 Å². The third-order valence-corrected chi connectivity index (χ3v) is 4.77. The first-order valence-electron chi connectivity index (χ1n) is 7.88. The fourth-order valence-corrected chi connectivity index (χ4v) is 3.44. The third-order valence-electron chi connectivity index (χ3n) is 3.73. The Kier molecular flexibility index (Phi) is 5.94. The molecule has 0 bridgehead atoms. The van der Waals surface area contributed by atoms with Gasteiger partial charge in [-0.2, -0.15) is 5.10 Å². The van der Waals surface area contributed by atoms with Crippen molar-refractivity contribution in [1.29, 1.82) is 0 Å². The Morgan fingerprint density at radius 1 is 1.33 bits per heavy atom. The first-order valence-corrected chi connectivity index (χ1v) is 8.76. The standard InChI is InChI=1S/C16H26N4S/c1-5-8-17-15(16-12(4)18-11-21-16)10-14-9-13(6-2)19-20(14)7-3/h9,11,15,17H,5-8,10H2,1-4H3. The highest BCUT2D eigenvalue weighted by atomic mass is 32.1. The number of rotatable bonds is 8. The van der Waals surface area contributed by atoms with Crippen molar-refractivity contribution in [2.45, 2.75) is 59.5 Å². The maximum absolute atomic E-state index is 4.66. The molecule has 116 valence electrons. The highest BCUT2D eigenvalue weighted by Gasteiger charge is 2.18. The van der Waals surface area contributed by atoms with Gasteiger partial charge < -0.3 is 5.32 Å². The zero-order chi connectivity index (χ0) is 15.2. The zero-order valence-electron chi connectivity index (χ0n) is 13.5. The van der Waals surface area contributed by atoms with E-state index < -0.39 is 0 Å². The van der Waals surface area contributed by atoms with Crippen molar-refractivity contribution in [3.05, 3.63) is 33.5 Å². The third kappa shape index (κ3) is 3.92. The Hall–Kier alpha value is -1.20. The lowest BCUT2D eigenvalue weighted by Crippen LogP contribution is -2.25. The molecule has 5 heteroatoms. The Bertz CT molecular complexity index is 558. The first kappa shape index (κ1) is 16.2. The summed E-state index contributed by atoms with van der Waals surface area (Å²) < 4.78 is 2.13. The number of aryl methyl sites for hydroxylation is 3. The van der Waals surface area contributed by atoms with Crippen LogP contribution in [0.5, 0.6) is 0 Å². The van der Waals surface area contributed by atoms with E-state index in [1.54, 1.807) is 11.3 Å². The molecular weight excluding hydrogens is 280 g/mol. The summed E-state index contributed by atoms with van der Waals surface area (Å²) in [6, 6.07) is 2.59. The largest absolute Gasteiger partial charge is 0.309 e. The molecule has 0 aliphatic rings. The van der Waals surface area contributed by atoms with Gasteiger partial charge in [0, 0.05) is 29.6 Å². The van der Waals surface area contributed by atoms with E-state index in [1.807, 2.05) is 5.51 Å². The monoisotopic (exact) mass is 306 g/mol. The first-order chi connectivity index (χ1) is 10.2. The second-order valence-corrected chi connectivity index (χ2v) is 6.20. The molecule has 0 aromatic carbocycles. The number of nitrogens with one attached hydrogen (secondary N) is 1. The van der Waals surface area contributed by atoms with Gasteiger partial charge in [-0.05, 0) is 39.3 Å². The van der Waals surface area contributed by atoms with E-state index in [9.17, 15) is 0 Å². The number of aromatic nitrogens is 3. The molecule has 2 rings (SSSR count). The minimum Gasteiger partial charge on any atom is -0.309 e. The lowest BCUT2D eigenvalue weighted by atomic mass is 10.1. The van der Waals surface area contributed by atoms with Crippen LogP contribution in [-0.4, -0.2) is 21.3 Å². The van der Waals surface area contributed by atoms with Crippen LogP contribution >= 0.6 is 11.3 Å². The van der Waals surface area contributed by atoms with Gasteiger partial charge in [0.2, 0.25) is 0 Å². The van der Waals surface area contributed by atoms with E-state index in [2.05, 4.69) is 53.8 Å². The van der Waals surface area contributed by atoms with Crippen molar-refractivity contribution in [2.75, 3.05) is 6.54 Å². The zero-order valence-corrected chi connectivity index (χ0v) is 14.3. The van der Waals surface area contributed by atoms with E-state index in [4.69, 9.17) is 0 Å². The van der Waals surface area contributed by atoms with Gasteiger partial charge in [0.1, 0.15) is 0 Å². The number of nitrogens with zero attached hydrogens (tertiary/aromatic N) is 3. The molecular formula is C16H26N4S. The average Bonchev–Trinajstić information content (AvgIpc) is 3.09. The summed E-state index contributed by atoms with van der Waals surface area (Å²) in [5.74, 6) is 0. The van der Waals surface area contributed by atoms with Crippen LogP contribution in [0.4, 0.5) is 0 Å². The van der Waals surface area contributed by atoms with Crippen molar-refractivity contribution in [1.82, 2.24) is 20.1 Å². The van der Waals surface area contributed by atoms with Gasteiger partial charge in [-0.1, -0.05) is 13.8 Å². The van der Waals surface area contributed by atoms with E-state index in [1.165, 1.54) is 16.3 Å². The molecule has 0 amide bonds. The Balaban J connectivity index is 2.22. The van der Waals surface area contributed by atoms with Gasteiger partial charge in [-0.15, -0.1) is 11.3 Å². The SMILES string of the molecule is CCCNC(Cc1cc(CC)nn1CC)c1scnc1C. The lowest BCUT2D eigenvalue weighted by Gasteiger charge is -2.18. The molecule has 0 saturated heterocycles. The minimum absolute atomic E-state index is 0.337. The number of hydrogen-bond donors (Lipinski definition) is 1. The normalized spacial score (nSPS) is 12.8. The fraction of sp³-hybridized carbons (Fsp3) is 0.625. The van der Waals surface area contributed by atoms with Gasteiger partial charge in [0.25, 0.3) is 0 Å². The van der Waals surface area contributed by atoms with Crippen LogP contribution in [0.1, 0.15) is 55.2 Å². The average molecular weight is 306 g/mol. The summed E-state index contributed by atoms with van der Waals surface area (Å²) in [6.45, 7) is 10.6. The molecule has 2 aromatic heterocycles. The Morgan fingerprint density at radius 3 is 2.71 bits per heavy atom. The van der Waals surface area contributed by atoms with Gasteiger partial charge in [0.05, 0.1) is 16.9 Å². The van der Waals surface area contributed by atoms with Gasteiger partial charge in [-0.25, -0.2) is 4.98 Å². The van der Waals surface area contributed by atoms with E-state index in [-0.39, 0.29) is 0 Å². The highest BCUT2D eigenvalue weighted by molar-refractivity contribution is 7.09. The van der Waals surface area contributed by atoms with Crippen molar-refractivity contribution in [2.24, 2.45) is 0 Å². The number of hydrogen-bond acceptors (Lipinski definition) is 4. The van der Waals surface area contributed by atoms with Crippen molar-refractivity contribution < 1.29 is 0 Å². The summed E-state index contributed by atoms with van der Waals surface area (Å²) in [5, 5.41) is 8.33. The van der Waals surface area contributed by atoms with Crippen molar-refractivity contribution in [3.8, 4) is 0 Å². The molecule has 2 aromatic rings. The minimum atomic E-state index is 0.337. The molecule has 0 saturated carbocycles. The van der Waals surface area contributed by atoms with E-state index in [0.717, 1.165) is 38.0 Å². The second kappa shape index (κ2) is 7.71. The second-order valence-electron chi connectivity index (χ2n) is 5.31. The molecule has 0 fully saturated rings. The van der Waals surface area contributed by atoms with Crippen molar-refractivity contribution >= 4 is 11.3 Å². The Morgan fingerprint density at radius 2 is 2.14 bits per heavy atom. The molecule has 0 aliphatic heterocycles. The highest BCUT2D eigenvalue weighted by Crippen LogP contribution is 2.25. The molecule has 1 unspecified atom stereocenters.